The van der Waals surface area contributed by atoms with Gasteiger partial charge in [0.15, 0.2) is 0 Å². The maximum Gasteiger partial charge on any atom is 2.00 e. The van der Waals surface area contributed by atoms with Crippen molar-refractivity contribution in [2.75, 3.05) is 0 Å². The predicted molar refractivity (Wildman–Crippen MR) is 582 cm³/mol. The largest absolute Gasteiger partial charge is 2.00 e. The molecule has 8 heterocycles. The molecule has 144 heavy (non-hydrogen) atoms. The second kappa shape index (κ2) is 49.3. The molecule has 4 amide bonds. The topological polar surface area (TPSA) is 187 Å². The smallest absolute Gasteiger partial charge is 0.661 e. The molecule has 0 unspecified atom stereocenters. The first-order chi connectivity index (χ1) is 68.4. The van der Waals surface area contributed by atoms with E-state index in [1.807, 2.05) is 193 Å². The first-order valence-corrected chi connectivity index (χ1v) is 50.3. The summed E-state index contributed by atoms with van der Waals surface area (Å²) in [7, 11) is 0. The molecular formula is C126H136N12O4Zn2. The Labute approximate surface area is 879 Å². The molecule has 0 N–H and O–H groups in total. The van der Waals surface area contributed by atoms with Crippen LogP contribution in [0.4, 0.5) is 0 Å². The number of aryl methyl sites for hydroxylation is 4. The second-order valence-corrected chi connectivity index (χ2v) is 38.8. The number of nitrogens with zero attached hydrogens (tertiary/aromatic N) is 12. The summed E-state index contributed by atoms with van der Waals surface area (Å²) in [5, 5.41) is 0. The summed E-state index contributed by atoms with van der Waals surface area (Å²) in [6, 6.07) is 81.7. The summed E-state index contributed by atoms with van der Waals surface area (Å²) in [6.07, 6.45) is 13.9. The Bertz CT molecular complexity index is 6610. The quantitative estimate of drug-likeness (QED) is 0.0347. The van der Waals surface area contributed by atoms with Crippen LogP contribution in [0, 0.1) is 55.4 Å². The minimum Gasteiger partial charge on any atom is -0.661 e. The molecule has 728 valence electrons. The van der Waals surface area contributed by atoms with Gasteiger partial charge in [0, 0.05) is 74.7 Å². The van der Waals surface area contributed by atoms with Crippen molar-refractivity contribution < 1.29 is 58.1 Å². The Kier molecular flexibility index (Phi) is 36.9. The molecule has 12 aromatic rings. The average Bonchev–Trinajstić information content (AvgIpc) is 1.64. The summed E-state index contributed by atoms with van der Waals surface area (Å²) in [5.74, 6) is 0.495. The van der Waals surface area contributed by atoms with E-state index in [1.54, 1.807) is 0 Å². The Morgan fingerprint density at radius 2 is 0.444 bits per heavy atom. The number of carbonyl (C=O) groups is 4. The third-order valence-corrected chi connectivity index (χ3v) is 29.7. The third kappa shape index (κ3) is 25.5. The van der Waals surface area contributed by atoms with Crippen molar-refractivity contribution in [1.82, 2.24) is 39.5 Å². The van der Waals surface area contributed by atoms with Gasteiger partial charge in [0.1, 0.15) is 0 Å². The number of benzene rings is 8. The summed E-state index contributed by atoms with van der Waals surface area (Å²) < 4.78 is 0. The monoisotopic (exact) mass is 2010 g/mol. The van der Waals surface area contributed by atoms with Crippen LogP contribution in [-0.2, 0) is 110 Å². The first-order valence-electron chi connectivity index (χ1n) is 50.3. The van der Waals surface area contributed by atoms with Crippen LogP contribution in [0.25, 0.3) is 24.3 Å². The molecule has 0 bridgehead atoms. The van der Waals surface area contributed by atoms with Gasteiger partial charge in [-0.05, 0) is 238 Å². The number of hydrogen-bond acceptors (Lipinski definition) is 8. The molecular weight excluding hydrogens is 1880 g/mol. The normalized spacial score (nSPS) is 15.5. The SMILES string of the molecule is CC1=N/C(=C\c2[n-]c(C)c(CC3=C(C)/C(=C/c4[n-]c(C)c(CCC(=O)N(Cc5ccccc5)[C@@H](C)c5ccccc5)c4C)N=C3C)c2C)C(C)=C1CCC(=O)N(Cc1ccccc1)[C@@H](C)c1ccccc1.CC1=N/C(=C\c2[n-]c(C)c(CC3=C(C)/C(=C/c4[n-]c(C)c(CCC(=O)N(Cc5ccccc5)[C@@H](C)c5ccccc5)c4C)N=C3C)c2C)C(C)=C1CCC(=O)N(Cc1ccccc1)[C@@H](C)c1ccccc1.[Zn+2].[Zn+2]. The molecule has 4 aromatic heterocycles. The Hall–Kier alpha value is -13.4. The Morgan fingerprint density at radius 3 is 0.674 bits per heavy atom. The Morgan fingerprint density at radius 1 is 0.257 bits per heavy atom. The zero-order valence-corrected chi connectivity index (χ0v) is 94.0. The van der Waals surface area contributed by atoms with Gasteiger partial charge in [0.05, 0.1) is 47.0 Å². The van der Waals surface area contributed by atoms with Gasteiger partial charge >= 0.3 is 39.0 Å². The molecule has 0 radical (unpaired) electrons. The minimum atomic E-state index is -0.0650. The molecule has 8 aromatic carbocycles. The number of aliphatic imine (C=N–C) groups is 4. The second-order valence-electron chi connectivity index (χ2n) is 38.8. The zero-order chi connectivity index (χ0) is 101. The number of rotatable bonds is 36. The van der Waals surface area contributed by atoms with E-state index in [0.717, 1.165) is 215 Å². The van der Waals surface area contributed by atoms with Gasteiger partial charge in [0.25, 0.3) is 0 Å². The number of carbonyl (C=O) groups excluding carboxylic acids is 4. The number of aromatic nitrogens is 4. The van der Waals surface area contributed by atoms with Crippen molar-refractivity contribution in [2.45, 2.75) is 253 Å². The maximum absolute atomic E-state index is 14.1. The zero-order valence-electron chi connectivity index (χ0n) is 88.0. The van der Waals surface area contributed by atoms with E-state index in [0.29, 0.717) is 77.5 Å². The van der Waals surface area contributed by atoms with E-state index in [-0.39, 0.29) is 86.8 Å². The van der Waals surface area contributed by atoms with Crippen molar-refractivity contribution in [3.05, 3.63) is 445 Å². The van der Waals surface area contributed by atoms with E-state index in [1.165, 1.54) is 22.3 Å². The van der Waals surface area contributed by atoms with Crippen LogP contribution in [-0.4, -0.2) is 66.1 Å². The molecule has 0 spiro atoms. The van der Waals surface area contributed by atoms with Crippen LogP contribution in [0.3, 0.4) is 0 Å². The van der Waals surface area contributed by atoms with Crippen LogP contribution < -0.4 is 19.9 Å². The van der Waals surface area contributed by atoms with Crippen molar-refractivity contribution in [1.29, 1.82) is 0 Å². The van der Waals surface area contributed by atoms with E-state index < -0.39 is 0 Å². The molecule has 4 atom stereocenters. The fraction of sp³-hybridized carbons (Fsp3) is 0.302. The number of amides is 4. The van der Waals surface area contributed by atoms with Crippen molar-refractivity contribution in [3.63, 3.8) is 0 Å². The molecule has 4 aliphatic heterocycles. The van der Waals surface area contributed by atoms with E-state index in [9.17, 15) is 19.2 Å². The summed E-state index contributed by atoms with van der Waals surface area (Å²) >= 11 is 0. The van der Waals surface area contributed by atoms with Gasteiger partial charge in [-0.25, -0.2) is 0 Å². The maximum atomic E-state index is 14.1. The number of hydrogen-bond donors (Lipinski definition) is 0. The van der Waals surface area contributed by atoms with Gasteiger partial charge in [0.2, 0.25) is 23.6 Å². The summed E-state index contributed by atoms with van der Waals surface area (Å²) in [4.78, 5) is 105. The van der Waals surface area contributed by atoms with Crippen LogP contribution in [0.1, 0.15) is 280 Å². The molecule has 0 saturated heterocycles. The molecule has 16 nitrogen and oxygen atoms in total. The molecule has 18 heteroatoms. The van der Waals surface area contributed by atoms with Crippen molar-refractivity contribution in [3.8, 4) is 0 Å². The molecule has 0 saturated carbocycles. The van der Waals surface area contributed by atoms with Gasteiger partial charge in [-0.2, -0.15) is 22.8 Å². The van der Waals surface area contributed by atoms with Crippen molar-refractivity contribution >= 4 is 70.8 Å². The Balaban J connectivity index is 0.000000238. The minimum absolute atomic E-state index is 0. The van der Waals surface area contributed by atoms with Gasteiger partial charge in [-0.15, -0.1) is 22.8 Å². The molecule has 4 aliphatic rings. The van der Waals surface area contributed by atoms with E-state index in [4.69, 9.17) is 39.9 Å². The standard InChI is InChI=1S/2C63H68N6O2.2Zn/c2*1-40-54(31-33-62(70)68(38-50-23-15-11-16-24-50)48(9)52-27-19-13-20-28-52)44(5)64-58(40)36-60-42(3)56(46(7)66-60)35-57-43(4)61(67-47(57)8)37-59-41(2)55(45(6)65-59)32-34-63(71)69(39-51-25-17-12-18-26-51)49(10)53-29-21-14-22-30-53;;/h2*11-30,36-37,48-49H,31-35,38-39H2,1-10H3;;/q2*-2;2*+2/t2*48-,49-;;/m00../s1. The molecule has 0 fully saturated rings. The van der Waals surface area contributed by atoms with Crippen LogP contribution in [0.15, 0.2) is 330 Å². The predicted octanol–water partition coefficient (Wildman–Crippen LogP) is 27.3. The van der Waals surface area contributed by atoms with Crippen molar-refractivity contribution in [2.24, 2.45) is 20.0 Å². The van der Waals surface area contributed by atoms with Gasteiger partial charge in [-0.1, -0.05) is 339 Å². The molecule has 16 rings (SSSR count). The van der Waals surface area contributed by atoms with E-state index >= 15 is 0 Å². The first kappa shape index (κ1) is 108. The van der Waals surface area contributed by atoms with Crippen LogP contribution in [0.5, 0.6) is 0 Å². The van der Waals surface area contributed by atoms with Crippen LogP contribution in [0.2, 0.25) is 0 Å². The van der Waals surface area contributed by atoms with Gasteiger partial charge < -0.3 is 39.5 Å². The van der Waals surface area contributed by atoms with Gasteiger partial charge in [-0.3, -0.25) is 39.1 Å². The fourth-order valence-electron chi connectivity index (χ4n) is 20.6. The average molecular weight is 2010 g/mol. The molecule has 0 aliphatic carbocycles. The summed E-state index contributed by atoms with van der Waals surface area (Å²) in [6.45, 7) is 44.3. The summed E-state index contributed by atoms with van der Waals surface area (Å²) in [5.41, 5.74) is 42.3. The fourth-order valence-corrected chi connectivity index (χ4v) is 20.6. The van der Waals surface area contributed by atoms with E-state index in [2.05, 4.69) is 232 Å². The third-order valence-electron chi connectivity index (χ3n) is 29.7. The van der Waals surface area contributed by atoms with Crippen LogP contribution >= 0.6 is 0 Å². The number of allylic oxidation sites excluding steroid dienone is 8.